The molecular weight excluding hydrogens is 246 g/mol. The summed E-state index contributed by atoms with van der Waals surface area (Å²) in [6.07, 6.45) is 2.76. The highest BCUT2D eigenvalue weighted by Crippen LogP contribution is 2.12. The fraction of sp³-hybridized carbons (Fsp3) is 0.923. The molecule has 0 rings (SSSR count). The number of rotatable bonds is 9. The molecule has 0 radical (unpaired) electrons. The van der Waals surface area contributed by atoms with Gasteiger partial charge in [-0.1, -0.05) is 13.8 Å². The molecule has 0 aromatic rings. The van der Waals surface area contributed by atoms with Crippen LogP contribution in [-0.2, 0) is 4.79 Å². The highest BCUT2D eigenvalue weighted by atomic mass is 32.2. The lowest BCUT2D eigenvalue weighted by atomic mass is 10.0. The van der Waals surface area contributed by atoms with Gasteiger partial charge in [0.25, 0.3) is 0 Å². The summed E-state index contributed by atoms with van der Waals surface area (Å²) < 4.78 is 0. The molecule has 0 aliphatic carbocycles. The summed E-state index contributed by atoms with van der Waals surface area (Å²) in [6, 6.07) is -0.384. The van der Waals surface area contributed by atoms with Crippen molar-refractivity contribution in [2.75, 3.05) is 31.6 Å². The molecule has 3 N–H and O–H groups in total. The van der Waals surface area contributed by atoms with E-state index in [9.17, 15) is 4.79 Å². The minimum Gasteiger partial charge on any atom is -0.353 e. The molecule has 18 heavy (non-hydrogen) atoms. The van der Waals surface area contributed by atoms with Crippen molar-refractivity contribution < 1.29 is 4.79 Å². The lowest BCUT2D eigenvalue weighted by Crippen LogP contribution is -2.53. The second-order valence-electron chi connectivity index (χ2n) is 5.09. The van der Waals surface area contributed by atoms with E-state index < -0.39 is 0 Å². The van der Waals surface area contributed by atoms with Crippen molar-refractivity contribution in [3.8, 4) is 0 Å². The molecule has 1 atom stereocenters. The minimum atomic E-state index is -0.384. The molecule has 0 saturated carbocycles. The molecule has 0 saturated heterocycles. The first-order valence-corrected chi connectivity index (χ1v) is 8.05. The second kappa shape index (κ2) is 8.77. The quantitative estimate of drug-likeness (QED) is 0.666. The van der Waals surface area contributed by atoms with Crippen molar-refractivity contribution in [1.29, 1.82) is 0 Å². The summed E-state index contributed by atoms with van der Waals surface area (Å²) >= 11 is 1.71. The molecule has 0 unspecified atom stereocenters. The highest BCUT2D eigenvalue weighted by Gasteiger charge is 2.25. The van der Waals surface area contributed by atoms with Gasteiger partial charge in [-0.05, 0) is 45.4 Å². The van der Waals surface area contributed by atoms with Gasteiger partial charge in [-0.2, -0.15) is 11.8 Å². The Hall–Kier alpha value is -0.260. The van der Waals surface area contributed by atoms with Crippen LogP contribution in [0.3, 0.4) is 0 Å². The third-order valence-corrected chi connectivity index (χ3v) is 3.93. The molecule has 0 bridgehead atoms. The Kier molecular flexibility index (Phi) is 8.65. The van der Waals surface area contributed by atoms with Crippen LogP contribution in [0.5, 0.6) is 0 Å². The van der Waals surface area contributed by atoms with Gasteiger partial charge in [0, 0.05) is 12.1 Å². The Balaban J connectivity index is 4.17. The number of amides is 1. The number of thioether (sulfide) groups is 1. The Morgan fingerprint density at radius 1 is 1.39 bits per heavy atom. The van der Waals surface area contributed by atoms with Crippen LogP contribution in [0.1, 0.15) is 34.1 Å². The molecule has 1 amide bonds. The smallest absolute Gasteiger partial charge is 0.237 e. The standard InChI is InChI=1S/C13H29N3OS/c1-6-16(7-2)13(3,4)10-15-12(17)11(14)8-9-18-5/h11H,6-10,14H2,1-5H3,(H,15,17)/t11-/m0/s1. The molecule has 4 nitrogen and oxygen atoms in total. The number of carbonyl (C=O) groups is 1. The average molecular weight is 275 g/mol. The van der Waals surface area contributed by atoms with Gasteiger partial charge in [0.15, 0.2) is 0 Å². The fourth-order valence-corrected chi connectivity index (χ4v) is 2.49. The van der Waals surface area contributed by atoms with Gasteiger partial charge in [0.05, 0.1) is 6.04 Å². The lowest BCUT2D eigenvalue weighted by molar-refractivity contribution is -0.123. The largest absolute Gasteiger partial charge is 0.353 e. The molecule has 0 aliphatic heterocycles. The van der Waals surface area contributed by atoms with Crippen LogP contribution in [-0.4, -0.2) is 54.0 Å². The normalized spacial score (nSPS) is 13.7. The summed E-state index contributed by atoms with van der Waals surface area (Å²) in [6.45, 7) is 11.2. The molecule has 0 aromatic carbocycles. The predicted molar refractivity (Wildman–Crippen MR) is 81.0 cm³/mol. The first-order valence-electron chi connectivity index (χ1n) is 6.66. The van der Waals surface area contributed by atoms with Crippen LogP contribution in [0.25, 0.3) is 0 Å². The van der Waals surface area contributed by atoms with Gasteiger partial charge >= 0.3 is 0 Å². The second-order valence-corrected chi connectivity index (χ2v) is 6.08. The Labute approximate surface area is 116 Å². The predicted octanol–water partition coefficient (Wildman–Crippen LogP) is 1.30. The lowest BCUT2D eigenvalue weighted by Gasteiger charge is -2.37. The summed E-state index contributed by atoms with van der Waals surface area (Å²) in [5.74, 6) is 0.887. The van der Waals surface area contributed by atoms with Gasteiger partial charge in [-0.15, -0.1) is 0 Å². The first-order chi connectivity index (χ1) is 8.38. The number of hydrogen-bond acceptors (Lipinski definition) is 4. The van der Waals surface area contributed by atoms with Crippen LogP contribution < -0.4 is 11.1 Å². The number of nitrogens with zero attached hydrogens (tertiary/aromatic N) is 1. The van der Waals surface area contributed by atoms with Crippen LogP contribution in [0.15, 0.2) is 0 Å². The molecule has 5 heteroatoms. The maximum atomic E-state index is 11.8. The zero-order valence-corrected chi connectivity index (χ0v) is 13.3. The van der Waals surface area contributed by atoms with E-state index in [0.717, 1.165) is 25.3 Å². The monoisotopic (exact) mass is 275 g/mol. The molecular formula is C13H29N3OS. The highest BCUT2D eigenvalue weighted by molar-refractivity contribution is 7.98. The van der Waals surface area contributed by atoms with Crippen molar-refractivity contribution in [2.45, 2.75) is 45.7 Å². The van der Waals surface area contributed by atoms with Gasteiger partial charge in [-0.3, -0.25) is 9.69 Å². The van der Waals surface area contributed by atoms with Gasteiger partial charge in [0.2, 0.25) is 5.91 Å². The van der Waals surface area contributed by atoms with E-state index in [2.05, 4.69) is 37.9 Å². The van der Waals surface area contributed by atoms with E-state index in [4.69, 9.17) is 5.73 Å². The maximum absolute atomic E-state index is 11.8. The number of hydrogen-bond donors (Lipinski definition) is 2. The van der Waals surface area contributed by atoms with Crippen LogP contribution in [0.2, 0.25) is 0 Å². The fourth-order valence-electron chi connectivity index (χ4n) is 2.00. The SMILES string of the molecule is CCN(CC)C(C)(C)CNC(=O)[C@@H](N)CCSC. The topological polar surface area (TPSA) is 58.4 Å². The summed E-state index contributed by atoms with van der Waals surface area (Å²) in [4.78, 5) is 14.2. The molecule has 0 aliphatic rings. The third kappa shape index (κ3) is 6.07. The zero-order valence-electron chi connectivity index (χ0n) is 12.5. The zero-order chi connectivity index (χ0) is 14.2. The maximum Gasteiger partial charge on any atom is 0.237 e. The Morgan fingerprint density at radius 2 is 1.94 bits per heavy atom. The third-order valence-electron chi connectivity index (χ3n) is 3.28. The number of nitrogens with two attached hydrogens (primary N) is 1. The van der Waals surface area contributed by atoms with Gasteiger partial charge in [0.1, 0.15) is 0 Å². The van der Waals surface area contributed by atoms with Crippen molar-refractivity contribution >= 4 is 17.7 Å². The summed E-state index contributed by atoms with van der Waals surface area (Å²) in [5, 5.41) is 2.97. The van der Waals surface area contributed by atoms with Crippen molar-refractivity contribution in [1.82, 2.24) is 10.2 Å². The van der Waals surface area contributed by atoms with Crippen LogP contribution in [0, 0.1) is 0 Å². The average Bonchev–Trinajstić information content (AvgIpc) is 2.34. The van der Waals surface area contributed by atoms with E-state index >= 15 is 0 Å². The van der Waals surface area contributed by atoms with Crippen molar-refractivity contribution in [2.24, 2.45) is 5.73 Å². The van der Waals surface area contributed by atoms with Crippen molar-refractivity contribution in [3.05, 3.63) is 0 Å². The minimum absolute atomic E-state index is 0.0294. The molecule has 0 heterocycles. The number of nitrogens with one attached hydrogen (secondary N) is 1. The van der Waals surface area contributed by atoms with Crippen LogP contribution >= 0.6 is 11.8 Å². The summed E-state index contributed by atoms with van der Waals surface area (Å²) in [7, 11) is 0. The van der Waals surface area contributed by atoms with E-state index in [1.54, 1.807) is 11.8 Å². The molecule has 0 spiro atoms. The van der Waals surface area contributed by atoms with E-state index in [0.29, 0.717) is 6.54 Å². The molecule has 0 aromatic heterocycles. The van der Waals surface area contributed by atoms with E-state index in [1.807, 2.05) is 6.26 Å². The Morgan fingerprint density at radius 3 is 2.39 bits per heavy atom. The summed E-state index contributed by atoms with van der Waals surface area (Å²) in [5.41, 5.74) is 5.81. The first kappa shape index (κ1) is 17.7. The molecule has 0 fully saturated rings. The van der Waals surface area contributed by atoms with Gasteiger partial charge < -0.3 is 11.1 Å². The number of likely N-dealkylation sites (N-methyl/N-ethyl adjacent to an activating group) is 1. The van der Waals surface area contributed by atoms with E-state index in [-0.39, 0.29) is 17.5 Å². The molecule has 108 valence electrons. The van der Waals surface area contributed by atoms with E-state index in [1.165, 1.54) is 0 Å². The van der Waals surface area contributed by atoms with Crippen LogP contribution in [0.4, 0.5) is 0 Å². The van der Waals surface area contributed by atoms with Crippen molar-refractivity contribution in [3.63, 3.8) is 0 Å². The Bertz CT molecular complexity index is 242. The van der Waals surface area contributed by atoms with Gasteiger partial charge in [-0.25, -0.2) is 0 Å². The number of carbonyl (C=O) groups excluding carboxylic acids is 1.